The summed E-state index contributed by atoms with van der Waals surface area (Å²) in [5.74, 6) is -0.228. The lowest BCUT2D eigenvalue weighted by Gasteiger charge is -2.33. The third-order valence-corrected chi connectivity index (χ3v) is 3.45. The minimum Gasteiger partial charge on any atom is -0.311 e. The van der Waals surface area contributed by atoms with Gasteiger partial charge in [0.15, 0.2) is 11.6 Å². The fraction of sp³-hybridized carbons (Fsp3) is 0.833. The van der Waals surface area contributed by atoms with Gasteiger partial charge < -0.3 is 16.0 Å². The highest BCUT2D eigenvalue weighted by molar-refractivity contribution is 6.15. The van der Waals surface area contributed by atoms with Gasteiger partial charge in [-0.3, -0.25) is 9.59 Å². The third-order valence-electron chi connectivity index (χ3n) is 3.45. The summed E-state index contributed by atoms with van der Waals surface area (Å²) < 4.78 is 0. The molecule has 5 nitrogen and oxygen atoms in total. The van der Waals surface area contributed by atoms with Gasteiger partial charge in [-0.2, -0.15) is 0 Å². The van der Waals surface area contributed by atoms with Gasteiger partial charge in [0, 0.05) is 0 Å². The number of carbonyl (C=O) groups excluding carboxylic acids is 2. The molecule has 2 unspecified atom stereocenters. The second-order valence-electron chi connectivity index (χ2n) is 4.26. The van der Waals surface area contributed by atoms with Crippen LogP contribution in [0, 0.1) is 0 Å². The maximum Gasteiger partial charge on any atom is 0.177 e. The number of ketones is 2. The summed E-state index contributed by atoms with van der Waals surface area (Å²) in [6.07, 6.45) is 0.444. The first-order valence-corrected chi connectivity index (χ1v) is 6.03. The molecule has 100 valence electrons. The van der Waals surface area contributed by atoms with Crippen LogP contribution in [0.2, 0.25) is 0 Å². The Balaban J connectivity index is 5.29. The smallest absolute Gasteiger partial charge is 0.177 e. The van der Waals surface area contributed by atoms with Crippen LogP contribution in [0.4, 0.5) is 0 Å². The van der Waals surface area contributed by atoms with Crippen molar-refractivity contribution < 1.29 is 9.59 Å². The zero-order valence-corrected chi connectivity index (χ0v) is 11.7. The van der Waals surface area contributed by atoms with Crippen LogP contribution in [0.3, 0.4) is 0 Å². The number of nitrogens with one attached hydrogen (secondary N) is 3. The Bertz CT molecular complexity index is 251. The number of rotatable bonds is 8. The molecule has 0 bridgehead atoms. The normalized spacial score (nSPS) is 18.2. The van der Waals surface area contributed by atoms with Crippen molar-refractivity contribution in [3.05, 3.63) is 0 Å². The van der Waals surface area contributed by atoms with Crippen molar-refractivity contribution >= 4 is 11.6 Å². The van der Waals surface area contributed by atoms with Gasteiger partial charge >= 0.3 is 0 Å². The first-order chi connectivity index (χ1) is 7.91. The standard InChI is InChI=1S/C12H25N3O2/c1-7-12(15-6,10(16)8(2)13-4)11(17)9(3)14-5/h8-9,13-15H,7H2,1-6H3. The summed E-state index contributed by atoms with van der Waals surface area (Å²) >= 11 is 0. The molecule has 0 aliphatic carbocycles. The summed E-state index contributed by atoms with van der Waals surface area (Å²) in [5, 5.41) is 8.69. The average molecular weight is 243 g/mol. The van der Waals surface area contributed by atoms with E-state index < -0.39 is 5.54 Å². The van der Waals surface area contributed by atoms with Crippen molar-refractivity contribution in [2.75, 3.05) is 21.1 Å². The topological polar surface area (TPSA) is 70.2 Å². The molecule has 0 saturated heterocycles. The molecule has 17 heavy (non-hydrogen) atoms. The van der Waals surface area contributed by atoms with Crippen molar-refractivity contribution in [1.29, 1.82) is 0 Å². The van der Waals surface area contributed by atoms with Crippen molar-refractivity contribution in [1.82, 2.24) is 16.0 Å². The van der Waals surface area contributed by atoms with Crippen LogP contribution in [0.1, 0.15) is 27.2 Å². The van der Waals surface area contributed by atoms with Crippen molar-refractivity contribution in [3.8, 4) is 0 Å². The van der Waals surface area contributed by atoms with Crippen LogP contribution in [-0.4, -0.2) is 50.3 Å². The highest BCUT2D eigenvalue weighted by Crippen LogP contribution is 2.17. The summed E-state index contributed by atoms with van der Waals surface area (Å²) in [7, 11) is 5.08. The second-order valence-corrected chi connectivity index (χ2v) is 4.26. The van der Waals surface area contributed by atoms with E-state index in [-0.39, 0.29) is 23.7 Å². The van der Waals surface area contributed by atoms with Crippen molar-refractivity contribution in [2.24, 2.45) is 0 Å². The number of likely N-dealkylation sites (N-methyl/N-ethyl adjacent to an activating group) is 3. The Hall–Kier alpha value is -0.780. The quantitative estimate of drug-likeness (QED) is 0.511. The minimum atomic E-state index is -1.11. The molecule has 3 N–H and O–H groups in total. The summed E-state index contributed by atoms with van der Waals surface area (Å²) in [5.41, 5.74) is -1.11. The first-order valence-electron chi connectivity index (χ1n) is 6.03. The third kappa shape index (κ3) is 3.12. The molecule has 5 heteroatoms. The van der Waals surface area contributed by atoms with E-state index in [2.05, 4.69) is 16.0 Å². The summed E-state index contributed by atoms with van der Waals surface area (Å²) in [4.78, 5) is 24.7. The maximum atomic E-state index is 12.3. The molecule has 0 aromatic rings. The van der Waals surface area contributed by atoms with Crippen LogP contribution in [0.5, 0.6) is 0 Å². The van der Waals surface area contributed by atoms with E-state index in [4.69, 9.17) is 0 Å². The molecule has 0 fully saturated rings. The van der Waals surface area contributed by atoms with Crippen LogP contribution >= 0.6 is 0 Å². The Morgan fingerprint density at radius 2 is 1.35 bits per heavy atom. The summed E-state index contributed by atoms with van der Waals surface area (Å²) in [6, 6.07) is -0.703. The lowest BCUT2D eigenvalue weighted by atomic mass is 9.80. The van der Waals surface area contributed by atoms with E-state index >= 15 is 0 Å². The fourth-order valence-corrected chi connectivity index (χ4v) is 1.89. The zero-order chi connectivity index (χ0) is 13.6. The number of carbonyl (C=O) groups is 2. The predicted molar refractivity (Wildman–Crippen MR) is 69.1 cm³/mol. The van der Waals surface area contributed by atoms with Gasteiger partial charge in [-0.15, -0.1) is 0 Å². The van der Waals surface area contributed by atoms with Gasteiger partial charge in [-0.1, -0.05) is 6.92 Å². The van der Waals surface area contributed by atoms with E-state index in [9.17, 15) is 9.59 Å². The summed E-state index contributed by atoms with van der Waals surface area (Å²) in [6.45, 7) is 5.37. The molecule has 0 radical (unpaired) electrons. The van der Waals surface area contributed by atoms with E-state index in [0.29, 0.717) is 6.42 Å². The fourth-order valence-electron chi connectivity index (χ4n) is 1.89. The van der Waals surface area contributed by atoms with Crippen molar-refractivity contribution in [3.63, 3.8) is 0 Å². The lowest BCUT2D eigenvalue weighted by molar-refractivity contribution is -0.138. The molecular formula is C12H25N3O2. The molecule has 0 aromatic carbocycles. The van der Waals surface area contributed by atoms with Gasteiger partial charge in [0.25, 0.3) is 0 Å². The Kier molecular flexibility index (Phi) is 6.52. The Morgan fingerprint density at radius 1 is 1.00 bits per heavy atom. The molecule has 0 heterocycles. The highest BCUT2D eigenvalue weighted by atomic mass is 16.2. The van der Waals surface area contributed by atoms with Crippen LogP contribution in [0.15, 0.2) is 0 Å². The minimum absolute atomic E-state index is 0.114. The Morgan fingerprint density at radius 3 is 1.53 bits per heavy atom. The van der Waals surface area contributed by atoms with Crippen LogP contribution in [-0.2, 0) is 9.59 Å². The highest BCUT2D eigenvalue weighted by Gasteiger charge is 2.45. The van der Waals surface area contributed by atoms with E-state index in [1.54, 1.807) is 35.0 Å². The number of hydrogen-bond acceptors (Lipinski definition) is 5. The average Bonchev–Trinajstić information content (AvgIpc) is 2.38. The van der Waals surface area contributed by atoms with Crippen LogP contribution in [0.25, 0.3) is 0 Å². The molecule has 0 saturated carbocycles. The zero-order valence-electron chi connectivity index (χ0n) is 11.7. The molecule has 2 atom stereocenters. The molecule has 0 rings (SSSR count). The molecule has 0 aliphatic rings. The SMILES string of the molecule is CCC(NC)(C(=O)C(C)NC)C(=O)C(C)NC. The molecule has 0 amide bonds. The molecule has 0 aliphatic heterocycles. The lowest BCUT2D eigenvalue weighted by Crippen LogP contribution is -2.64. The van der Waals surface area contributed by atoms with Crippen molar-refractivity contribution in [2.45, 2.75) is 44.8 Å². The van der Waals surface area contributed by atoms with Gasteiger partial charge in [0.2, 0.25) is 0 Å². The van der Waals surface area contributed by atoms with Gasteiger partial charge in [-0.25, -0.2) is 0 Å². The van der Waals surface area contributed by atoms with E-state index in [0.717, 1.165) is 0 Å². The largest absolute Gasteiger partial charge is 0.311 e. The van der Waals surface area contributed by atoms with Gasteiger partial charge in [0.1, 0.15) is 5.54 Å². The first kappa shape index (κ1) is 16.2. The van der Waals surface area contributed by atoms with Gasteiger partial charge in [-0.05, 0) is 41.4 Å². The number of Topliss-reactive ketones (excluding diaryl/α,β-unsaturated/α-hetero) is 2. The van der Waals surface area contributed by atoms with Gasteiger partial charge in [0.05, 0.1) is 12.1 Å². The Labute approximate surface area is 104 Å². The monoisotopic (exact) mass is 243 g/mol. The van der Waals surface area contributed by atoms with E-state index in [1.807, 2.05) is 6.92 Å². The van der Waals surface area contributed by atoms with Crippen LogP contribution < -0.4 is 16.0 Å². The predicted octanol–water partition coefficient (Wildman–Crippen LogP) is -0.291. The number of hydrogen-bond donors (Lipinski definition) is 3. The molecular weight excluding hydrogens is 218 g/mol. The molecule has 0 aromatic heterocycles. The maximum absolute atomic E-state index is 12.3. The van der Waals surface area contributed by atoms with E-state index in [1.165, 1.54) is 0 Å². The molecule has 0 spiro atoms. The second kappa shape index (κ2) is 6.83.